The van der Waals surface area contributed by atoms with Crippen LogP contribution in [0.25, 0.3) is 0 Å². The number of carbonyl (C=O) groups excluding carboxylic acids is 2. The summed E-state index contributed by atoms with van der Waals surface area (Å²) < 4.78 is 0. The fourth-order valence-electron chi connectivity index (χ4n) is 4.27. The highest BCUT2D eigenvalue weighted by Gasteiger charge is 2.51. The number of rotatable bonds is 0. The minimum atomic E-state index is -0.362. The number of carbonyl (C=O) groups is 2. The lowest BCUT2D eigenvalue weighted by Crippen LogP contribution is -2.55. The average molecular weight is 290 g/mol. The van der Waals surface area contributed by atoms with Crippen molar-refractivity contribution in [3.8, 4) is 0 Å². The van der Waals surface area contributed by atoms with E-state index in [1.165, 1.54) is 0 Å². The lowest BCUT2D eigenvalue weighted by molar-refractivity contribution is -0.131. The molecule has 3 aliphatic rings. The van der Waals surface area contributed by atoms with Crippen LogP contribution < -0.4 is 10.6 Å². The first-order valence-electron chi connectivity index (χ1n) is 7.54. The largest absolute Gasteiger partial charge is 0.348 e. The van der Waals surface area contributed by atoms with E-state index >= 15 is 0 Å². The van der Waals surface area contributed by atoms with Gasteiger partial charge in [-0.3, -0.25) is 9.59 Å². The third kappa shape index (κ3) is 1.32. The molecule has 1 aliphatic carbocycles. The van der Waals surface area contributed by atoms with E-state index in [1.807, 2.05) is 48.5 Å². The molecule has 4 bridgehead atoms. The van der Waals surface area contributed by atoms with Crippen molar-refractivity contribution in [2.75, 3.05) is 0 Å². The van der Waals surface area contributed by atoms with E-state index in [2.05, 4.69) is 10.6 Å². The second-order valence-corrected chi connectivity index (χ2v) is 6.19. The highest BCUT2D eigenvalue weighted by atomic mass is 16.2. The molecule has 0 saturated heterocycles. The molecule has 0 unspecified atom stereocenters. The van der Waals surface area contributed by atoms with Gasteiger partial charge in [-0.25, -0.2) is 0 Å². The zero-order chi connectivity index (χ0) is 14.8. The standard InChI is InChI=1S/C18H14N2O2/c21-17-13-9-5-1-3-7-11(9)15(19-17)14-10-6-2-4-8-12(10)16(13)20-18(14)22/h1-8,13-16H,(H,19,21)(H,20,22)/t13-,14+,15+,16-. The van der Waals surface area contributed by atoms with Gasteiger partial charge in [0.25, 0.3) is 0 Å². The number of hydrogen-bond acceptors (Lipinski definition) is 2. The Kier molecular flexibility index (Phi) is 2.16. The SMILES string of the molecule is O=C1N[C@H]2c3ccccc3[C@@H]1[C@@H]1NC(=O)[C@H]2c2ccccc21. The quantitative estimate of drug-likeness (QED) is 0.778. The number of amides is 2. The maximum absolute atomic E-state index is 12.6. The predicted octanol–water partition coefficient (Wildman–Crippen LogP) is 1.91. The van der Waals surface area contributed by atoms with E-state index in [1.54, 1.807) is 0 Å². The van der Waals surface area contributed by atoms with Crippen molar-refractivity contribution in [3.63, 3.8) is 0 Å². The molecular formula is C18H14N2O2. The van der Waals surface area contributed by atoms with E-state index in [0.29, 0.717) is 0 Å². The van der Waals surface area contributed by atoms with Crippen LogP contribution in [-0.2, 0) is 9.59 Å². The van der Waals surface area contributed by atoms with Crippen molar-refractivity contribution in [1.29, 1.82) is 0 Å². The molecule has 108 valence electrons. The Balaban J connectivity index is 1.87. The van der Waals surface area contributed by atoms with Crippen molar-refractivity contribution in [2.24, 2.45) is 0 Å². The molecule has 5 rings (SSSR count). The van der Waals surface area contributed by atoms with Gasteiger partial charge >= 0.3 is 0 Å². The minimum absolute atomic E-state index is 0.00760. The van der Waals surface area contributed by atoms with Crippen LogP contribution in [0.15, 0.2) is 48.5 Å². The maximum Gasteiger partial charge on any atom is 0.230 e. The molecule has 0 aromatic heterocycles. The zero-order valence-electron chi connectivity index (χ0n) is 11.7. The Labute approximate surface area is 127 Å². The molecule has 4 heteroatoms. The third-order valence-corrected chi connectivity index (χ3v) is 5.16. The molecule has 0 radical (unpaired) electrons. The fraction of sp³-hybridized carbons (Fsp3) is 0.222. The van der Waals surface area contributed by atoms with Crippen LogP contribution in [-0.4, -0.2) is 11.8 Å². The smallest absolute Gasteiger partial charge is 0.230 e. The normalized spacial score (nSPS) is 30.7. The second kappa shape index (κ2) is 3.97. The number of nitrogens with one attached hydrogen (secondary N) is 2. The first-order chi connectivity index (χ1) is 10.8. The lowest BCUT2D eigenvalue weighted by Gasteiger charge is -2.47. The summed E-state index contributed by atoms with van der Waals surface area (Å²) in [6.45, 7) is 0. The molecule has 0 saturated carbocycles. The first kappa shape index (κ1) is 12.0. The monoisotopic (exact) mass is 290 g/mol. The molecule has 4 nitrogen and oxygen atoms in total. The van der Waals surface area contributed by atoms with Crippen molar-refractivity contribution in [3.05, 3.63) is 70.8 Å². The van der Waals surface area contributed by atoms with Gasteiger partial charge in [0, 0.05) is 0 Å². The van der Waals surface area contributed by atoms with Crippen LogP contribution in [0, 0.1) is 0 Å². The van der Waals surface area contributed by atoms with E-state index < -0.39 is 0 Å². The van der Waals surface area contributed by atoms with Crippen molar-refractivity contribution < 1.29 is 9.59 Å². The van der Waals surface area contributed by atoms with Gasteiger partial charge < -0.3 is 10.6 Å². The number of benzene rings is 2. The molecule has 4 atom stereocenters. The van der Waals surface area contributed by atoms with Crippen LogP contribution in [0.2, 0.25) is 0 Å². The van der Waals surface area contributed by atoms with E-state index in [-0.39, 0.29) is 35.7 Å². The number of fused-ring (bicyclic) bond motifs is 2. The zero-order valence-corrected chi connectivity index (χ0v) is 11.7. The van der Waals surface area contributed by atoms with Gasteiger partial charge in [-0.05, 0) is 22.3 Å². The molecule has 2 aromatic rings. The highest BCUT2D eigenvalue weighted by Crippen LogP contribution is 2.51. The van der Waals surface area contributed by atoms with Gasteiger partial charge in [0.05, 0.1) is 23.9 Å². The Morgan fingerprint density at radius 3 is 1.36 bits per heavy atom. The molecular weight excluding hydrogens is 276 g/mol. The second-order valence-electron chi connectivity index (χ2n) is 6.19. The van der Waals surface area contributed by atoms with Crippen LogP contribution in [0.1, 0.15) is 46.2 Å². The lowest BCUT2D eigenvalue weighted by atomic mass is 9.67. The van der Waals surface area contributed by atoms with E-state index in [4.69, 9.17) is 0 Å². The molecule has 2 N–H and O–H groups in total. The van der Waals surface area contributed by atoms with E-state index in [9.17, 15) is 9.59 Å². The summed E-state index contributed by atoms with van der Waals surface area (Å²) in [5.74, 6) is -0.709. The van der Waals surface area contributed by atoms with Gasteiger partial charge in [-0.15, -0.1) is 0 Å². The van der Waals surface area contributed by atoms with Gasteiger partial charge in [-0.1, -0.05) is 48.5 Å². The van der Waals surface area contributed by atoms with Gasteiger partial charge in [0.1, 0.15) is 0 Å². The Bertz CT molecular complexity index is 760. The van der Waals surface area contributed by atoms with Crippen molar-refractivity contribution in [2.45, 2.75) is 23.9 Å². The topological polar surface area (TPSA) is 58.2 Å². The summed E-state index contributed by atoms with van der Waals surface area (Å²) in [6, 6.07) is 15.4. The molecule has 2 aromatic carbocycles. The Morgan fingerprint density at radius 1 is 0.591 bits per heavy atom. The molecule has 2 heterocycles. The summed E-state index contributed by atoms with van der Waals surface area (Å²) in [5, 5.41) is 6.15. The van der Waals surface area contributed by atoms with Crippen LogP contribution in [0.3, 0.4) is 0 Å². The molecule has 0 spiro atoms. The summed E-state index contributed by atoms with van der Waals surface area (Å²) in [4.78, 5) is 25.3. The Hall–Kier alpha value is -2.62. The van der Waals surface area contributed by atoms with Crippen LogP contribution in [0.4, 0.5) is 0 Å². The average Bonchev–Trinajstić information content (AvgIpc) is 2.52. The fourth-order valence-corrected chi connectivity index (χ4v) is 4.27. The van der Waals surface area contributed by atoms with Crippen molar-refractivity contribution >= 4 is 11.8 Å². The van der Waals surface area contributed by atoms with E-state index in [0.717, 1.165) is 22.3 Å². The van der Waals surface area contributed by atoms with Crippen LogP contribution in [0.5, 0.6) is 0 Å². The van der Waals surface area contributed by atoms with Crippen molar-refractivity contribution in [1.82, 2.24) is 10.6 Å². The maximum atomic E-state index is 12.6. The summed E-state index contributed by atoms with van der Waals surface area (Å²) in [7, 11) is 0. The Morgan fingerprint density at radius 2 is 0.955 bits per heavy atom. The van der Waals surface area contributed by atoms with Crippen LogP contribution >= 0.6 is 0 Å². The minimum Gasteiger partial charge on any atom is -0.348 e. The third-order valence-electron chi connectivity index (χ3n) is 5.16. The summed E-state index contributed by atoms with van der Waals surface area (Å²) in [5.41, 5.74) is 4.24. The summed E-state index contributed by atoms with van der Waals surface area (Å²) in [6.07, 6.45) is 0. The molecule has 0 fully saturated rings. The number of hydrogen-bond donors (Lipinski definition) is 2. The molecule has 22 heavy (non-hydrogen) atoms. The summed E-state index contributed by atoms with van der Waals surface area (Å²) >= 11 is 0. The highest BCUT2D eigenvalue weighted by molar-refractivity contribution is 5.96. The van der Waals surface area contributed by atoms with Gasteiger partial charge in [0.2, 0.25) is 11.8 Å². The molecule has 2 amide bonds. The van der Waals surface area contributed by atoms with Gasteiger partial charge in [0.15, 0.2) is 0 Å². The predicted molar refractivity (Wildman–Crippen MR) is 80.1 cm³/mol. The molecule has 2 aliphatic heterocycles. The first-order valence-corrected chi connectivity index (χ1v) is 7.54. The van der Waals surface area contributed by atoms with Gasteiger partial charge in [-0.2, -0.15) is 0 Å².